The minimum Gasteiger partial charge on any atom is -0.372 e. The van der Waals surface area contributed by atoms with Gasteiger partial charge in [-0.05, 0) is 41.6 Å². The molecule has 4 rings (SSSR count). The molecule has 4 atom stereocenters. The van der Waals surface area contributed by atoms with E-state index in [2.05, 4.69) is 48.6 Å². The van der Waals surface area contributed by atoms with Crippen molar-refractivity contribution in [3.05, 3.63) is 41.4 Å². The molecule has 0 saturated carbocycles. The molecule has 1 aliphatic carbocycles. The Morgan fingerprint density at radius 2 is 2.03 bits per heavy atom. The molecule has 1 amide bonds. The van der Waals surface area contributed by atoms with Gasteiger partial charge in [-0.15, -0.1) is 11.8 Å². The van der Waals surface area contributed by atoms with Crippen molar-refractivity contribution in [2.24, 2.45) is 17.3 Å². The number of rotatable bonds is 5. The van der Waals surface area contributed by atoms with Gasteiger partial charge in [-0.3, -0.25) is 19.9 Å². The molecule has 30 heavy (non-hydrogen) atoms. The highest BCUT2D eigenvalue weighted by atomic mass is 32.2. The van der Waals surface area contributed by atoms with E-state index in [1.165, 1.54) is 0 Å². The predicted octanol–water partition coefficient (Wildman–Crippen LogP) is 3.14. The number of hydrogen-bond acceptors (Lipinski definition) is 6. The van der Waals surface area contributed by atoms with E-state index in [-0.39, 0.29) is 40.6 Å². The van der Waals surface area contributed by atoms with Gasteiger partial charge in [0.25, 0.3) is 0 Å². The largest absolute Gasteiger partial charge is 0.372 e. The van der Waals surface area contributed by atoms with Crippen LogP contribution in [-0.2, 0) is 9.59 Å². The third-order valence-electron chi connectivity index (χ3n) is 6.21. The Hall–Kier alpha value is -1.86. The van der Waals surface area contributed by atoms with Crippen LogP contribution in [0.15, 0.2) is 35.8 Å². The minimum absolute atomic E-state index is 0.00802. The zero-order chi connectivity index (χ0) is 21.5. The fraction of sp³-hybridized carbons (Fsp3) is 0.609. The lowest BCUT2D eigenvalue weighted by Gasteiger charge is -2.48. The molecule has 3 N–H and O–H groups in total. The van der Waals surface area contributed by atoms with E-state index in [0.717, 1.165) is 35.4 Å². The van der Waals surface area contributed by atoms with Crippen LogP contribution in [-0.4, -0.2) is 34.1 Å². The van der Waals surface area contributed by atoms with Gasteiger partial charge in [0, 0.05) is 36.0 Å². The lowest BCUT2D eigenvalue weighted by atomic mass is 9.66. The van der Waals surface area contributed by atoms with E-state index in [1.807, 2.05) is 12.1 Å². The molecule has 4 unspecified atom stereocenters. The number of nitrogens with one attached hydrogen (secondary N) is 3. The van der Waals surface area contributed by atoms with Crippen molar-refractivity contribution in [1.82, 2.24) is 20.9 Å². The topological polar surface area (TPSA) is 83.1 Å². The highest BCUT2D eigenvalue weighted by molar-refractivity contribution is 7.99. The summed E-state index contributed by atoms with van der Waals surface area (Å²) in [6.45, 7) is 8.68. The van der Waals surface area contributed by atoms with Crippen molar-refractivity contribution in [3.8, 4) is 0 Å². The molecular weight excluding hydrogens is 396 g/mol. The van der Waals surface area contributed by atoms with E-state index in [4.69, 9.17) is 0 Å². The van der Waals surface area contributed by atoms with Crippen LogP contribution in [0.3, 0.4) is 0 Å². The molecule has 3 aliphatic rings. The maximum Gasteiger partial charge on any atom is 0.229 e. The van der Waals surface area contributed by atoms with Gasteiger partial charge in [-0.25, -0.2) is 0 Å². The molecule has 0 bridgehead atoms. The van der Waals surface area contributed by atoms with Crippen molar-refractivity contribution in [2.75, 3.05) is 5.75 Å². The van der Waals surface area contributed by atoms with Gasteiger partial charge in [-0.1, -0.05) is 33.8 Å². The number of nitrogens with zero attached hydrogens (tertiary/aromatic N) is 1. The van der Waals surface area contributed by atoms with Gasteiger partial charge in [-0.2, -0.15) is 0 Å². The molecule has 0 spiro atoms. The fourth-order valence-corrected chi connectivity index (χ4v) is 6.08. The molecule has 0 aromatic carbocycles. The number of aromatic nitrogens is 1. The number of hydrogen-bond donors (Lipinski definition) is 3. The Kier molecular flexibility index (Phi) is 5.95. The Labute approximate surface area is 183 Å². The van der Waals surface area contributed by atoms with Gasteiger partial charge >= 0.3 is 0 Å². The maximum atomic E-state index is 13.3. The quantitative estimate of drug-likeness (QED) is 0.668. The Bertz CT molecular complexity index is 852. The van der Waals surface area contributed by atoms with Crippen molar-refractivity contribution in [2.45, 2.75) is 64.5 Å². The maximum absolute atomic E-state index is 13.3. The van der Waals surface area contributed by atoms with Crippen molar-refractivity contribution in [1.29, 1.82) is 0 Å². The Morgan fingerprint density at radius 3 is 2.73 bits per heavy atom. The first-order valence-corrected chi connectivity index (χ1v) is 11.9. The van der Waals surface area contributed by atoms with Crippen LogP contribution in [0.2, 0.25) is 0 Å². The number of fused-ring (bicyclic) bond motifs is 1. The summed E-state index contributed by atoms with van der Waals surface area (Å²) >= 11 is 1.73. The Morgan fingerprint density at radius 1 is 1.23 bits per heavy atom. The van der Waals surface area contributed by atoms with Gasteiger partial charge in [0.15, 0.2) is 5.78 Å². The molecule has 3 heterocycles. The van der Waals surface area contributed by atoms with E-state index in [1.54, 1.807) is 24.2 Å². The molecule has 1 aromatic heterocycles. The van der Waals surface area contributed by atoms with Crippen molar-refractivity contribution < 1.29 is 9.59 Å². The second-order valence-corrected chi connectivity index (χ2v) is 11.1. The Balaban J connectivity index is 1.66. The normalized spacial score (nSPS) is 30.4. The highest BCUT2D eigenvalue weighted by Gasteiger charge is 2.50. The summed E-state index contributed by atoms with van der Waals surface area (Å²) in [7, 11) is 0. The molecule has 1 aromatic rings. The van der Waals surface area contributed by atoms with Gasteiger partial charge in [0.1, 0.15) is 5.50 Å². The van der Waals surface area contributed by atoms with Crippen LogP contribution >= 0.6 is 11.8 Å². The molecule has 1 saturated heterocycles. The molecule has 1 fully saturated rings. The summed E-state index contributed by atoms with van der Waals surface area (Å²) in [6.07, 6.45) is 5.73. The molecule has 6 nitrogen and oxygen atoms in total. The summed E-state index contributed by atoms with van der Waals surface area (Å²) in [5, 5.41) is 10.3. The number of carbonyl (C=O) groups excluding carboxylic acids is 2. The first-order valence-electron chi connectivity index (χ1n) is 10.9. The molecule has 162 valence electrons. The van der Waals surface area contributed by atoms with Crippen LogP contribution in [0.4, 0.5) is 0 Å². The molecular formula is C23H32N4O2S. The van der Waals surface area contributed by atoms with Crippen LogP contribution < -0.4 is 16.0 Å². The number of Topliss-reactive ketones (excluding diaryl/α,β-unsaturated/α-hetero) is 1. The number of ketones is 1. The van der Waals surface area contributed by atoms with Crippen LogP contribution in [0.1, 0.15) is 58.4 Å². The average Bonchev–Trinajstić information content (AvgIpc) is 2.65. The van der Waals surface area contributed by atoms with Crippen LogP contribution in [0.25, 0.3) is 0 Å². The number of thioether (sulfide) groups is 1. The van der Waals surface area contributed by atoms with Crippen LogP contribution in [0.5, 0.6) is 0 Å². The average molecular weight is 429 g/mol. The lowest BCUT2D eigenvalue weighted by molar-refractivity contribution is -0.130. The van der Waals surface area contributed by atoms with Gasteiger partial charge in [0.2, 0.25) is 5.91 Å². The third kappa shape index (κ3) is 4.28. The first-order chi connectivity index (χ1) is 14.2. The summed E-state index contributed by atoms with van der Waals surface area (Å²) in [5.41, 5.74) is 2.47. The predicted molar refractivity (Wildman–Crippen MR) is 119 cm³/mol. The van der Waals surface area contributed by atoms with Crippen LogP contribution in [0, 0.1) is 17.3 Å². The number of carbonyl (C=O) groups is 2. The monoisotopic (exact) mass is 428 g/mol. The standard InChI is InChI=1S/C23H32N4O2S/c1-13(2)7-9-30-22-26-20-19(21(29)27-22)17(14-6-5-8-24-12-14)18-15(25-20)10-23(3,4)11-16(18)28/h5-6,8,12-13,17,19-20,22,25-26H,7,9-11H2,1-4H3,(H,27,29). The first kappa shape index (κ1) is 21.4. The van der Waals surface area contributed by atoms with E-state index in [9.17, 15) is 9.59 Å². The second kappa shape index (κ2) is 8.35. The smallest absolute Gasteiger partial charge is 0.229 e. The van der Waals surface area contributed by atoms with Crippen molar-refractivity contribution in [3.63, 3.8) is 0 Å². The number of pyridine rings is 1. The second-order valence-electron chi connectivity index (χ2n) is 9.85. The minimum atomic E-state index is -0.389. The molecule has 7 heteroatoms. The highest BCUT2D eigenvalue weighted by Crippen LogP contribution is 2.47. The zero-order valence-electron chi connectivity index (χ0n) is 18.2. The molecule has 0 radical (unpaired) electrons. The fourth-order valence-electron chi connectivity index (χ4n) is 4.80. The van der Waals surface area contributed by atoms with Gasteiger partial charge in [0.05, 0.1) is 12.1 Å². The lowest BCUT2D eigenvalue weighted by Crippen LogP contribution is -2.68. The summed E-state index contributed by atoms with van der Waals surface area (Å²) in [4.78, 5) is 30.7. The van der Waals surface area contributed by atoms with E-state index in [0.29, 0.717) is 12.3 Å². The number of amides is 1. The SMILES string of the molecule is CC(C)CCSC1NC(=O)C2C(NC3=C(C(=O)CC(C)(C)C3)C2c2cccnc2)N1. The zero-order valence-corrected chi connectivity index (χ0v) is 19.0. The summed E-state index contributed by atoms with van der Waals surface area (Å²) < 4.78 is 0. The van der Waals surface area contributed by atoms with E-state index >= 15 is 0 Å². The molecule has 2 aliphatic heterocycles. The summed E-state index contributed by atoms with van der Waals surface area (Å²) in [5.74, 6) is 1.08. The van der Waals surface area contributed by atoms with E-state index < -0.39 is 0 Å². The third-order valence-corrected chi connectivity index (χ3v) is 7.27. The van der Waals surface area contributed by atoms with Crippen molar-refractivity contribution >= 4 is 23.5 Å². The summed E-state index contributed by atoms with van der Waals surface area (Å²) in [6, 6.07) is 3.86. The number of allylic oxidation sites excluding steroid dienone is 2. The van der Waals surface area contributed by atoms with Gasteiger partial charge < -0.3 is 10.6 Å².